The Kier molecular flexibility index (Phi) is 5.65. The molecule has 162 valence electrons. The predicted molar refractivity (Wildman–Crippen MR) is 123 cm³/mol. The lowest BCUT2D eigenvalue weighted by Gasteiger charge is -2.10. The van der Waals surface area contributed by atoms with Crippen LogP contribution in [0.2, 0.25) is 0 Å². The highest BCUT2D eigenvalue weighted by molar-refractivity contribution is 7.92. The number of carbonyl (C=O) groups is 2. The van der Waals surface area contributed by atoms with Gasteiger partial charge in [0.15, 0.2) is 0 Å². The molecule has 0 bridgehead atoms. The summed E-state index contributed by atoms with van der Waals surface area (Å²) >= 11 is 0. The zero-order valence-electron chi connectivity index (χ0n) is 17.0. The number of amides is 2. The Morgan fingerprint density at radius 3 is 2.34 bits per heavy atom. The summed E-state index contributed by atoms with van der Waals surface area (Å²) in [5.41, 5.74) is 2.18. The molecule has 0 aliphatic heterocycles. The van der Waals surface area contributed by atoms with Crippen LogP contribution in [0, 0.1) is 0 Å². The minimum Gasteiger partial charge on any atom is -0.361 e. The quantitative estimate of drug-likeness (QED) is 0.360. The van der Waals surface area contributed by atoms with Crippen LogP contribution in [0.5, 0.6) is 0 Å². The predicted octanol–water partition coefficient (Wildman–Crippen LogP) is 3.58. The summed E-state index contributed by atoms with van der Waals surface area (Å²) in [5, 5.41) is 6.17. The second-order valence-corrected chi connectivity index (χ2v) is 8.71. The molecule has 1 heterocycles. The van der Waals surface area contributed by atoms with Crippen molar-refractivity contribution < 1.29 is 18.0 Å². The maximum Gasteiger partial charge on any atom is 0.261 e. The summed E-state index contributed by atoms with van der Waals surface area (Å²) in [6, 6.07) is 19.2. The third kappa shape index (κ3) is 4.47. The Balaban J connectivity index is 1.54. The van der Waals surface area contributed by atoms with Crippen molar-refractivity contribution in [2.24, 2.45) is 0 Å². The molecule has 0 atom stereocenters. The van der Waals surface area contributed by atoms with Crippen LogP contribution in [0.3, 0.4) is 0 Å². The summed E-state index contributed by atoms with van der Waals surface area (Å²) in [6.07, 6.45) is 1.77. The number of nitrogens with one attached hydrogen (secondary N) is 4. The van der Waals surface area contributed by atoms with E-state index in [1.165, 1.54) is 37.4 Å². The van der Waals surface area contributed by atoms with Gasteiger partial charge in [-0.1, -0.05) is 18.2 Å². The number of hydrogen-bond acceptors (Lipinski definition) is 4. The maximum absolute atomic E-state index is 12.9. The first-order chi connectivity index (χ1) is 15.4. The van der Waals surface area contributed by atoms with E-state index in [0.29, 0.717) is 16.9 Å². The van der Waals surface area contributed by atoms with E-state index in [2.05, 4.69) is 20.3 Å². The topological polar surface area (TPSA) is 120 Å². The highest BCUT2D eigenvalue weighted by atomic mass is 32.2. The number of aromatic nitrogens is 1. The lowest BCUT2D eigenvalue weighted by molar-refractivity contribution is 0.0961. The Hall–Kier alpha value is -4.11. The number of benzene rings is 3. The van der Waals surface area contributed by atoms with E-state index in [1.807, 2.05) is 6.07 Å². The summed E-state index contributed by atoms with van der Waals surface area (Å²) in [6.45, 7) is 0. The van der Waals surface area contributed by atoms with Gasteiger partial charge in [-0.2, -0.15) is 0 Å². The molecule has 0 spiro atoms. The Morgan fingerprint density at radius 2 is 1.56 bits per heavy atom. The van der Waals surface area contributed by atoms with Crippen LogP contribution in [0.15, 0.2) is 83.9 Å². The molecule has 0 aliphatic carbocycles. The van der Waals surface area contributed by atoms with Crippen molar-refractivity contribution in [1.82, 2.24) is 10.3 Å². The third-order valence-corrected chi connectivity index (χ3v) is 6.20. The van der Waals surface area contributed by atoms with Crippen molar-refractivity contribution in [3.63, 3.8) is 0 Å². The standard InChI is InChI=1S/C23H20N4O4S/c1-24-22(28)16-4-2-6-18(12-16)26-23(29)17-5-3-7-20(13-17)32(30,31)27-19-9-8-15-10-11-25-21(15)14-19/h2-14,25,27H,1H3,(H,24,28)(H,26,29). The molecule has 0 saturated carbocycles. The molecule has 4 rings (SSSR count). The lowest BCUT2D eigenvalue weighted by atomic mass is 10.1. The molecule has 3 aromatic carbocycles. The highest BCUT2D eigenvalue weighted by Crippen LogP contribution is 2.22. The molecule has 0 radical (unpaired) electrons. The fraction of sp³-hybridized carbons (Fsp3) is 0.0435. The number of rotatable bonds is 6. The largest absolute Gasteiger partial charge is 0.361 e. The normalized spacial score (nSPS) is 11.2. The van der Waals surface area contributed by atoms with Crippen LogP contribution < -0.4 is 15.4 Å². The van der Waals surface area contributed by atoms with Gasteiger partial charge in [0.05, 0.1) is 10.6 Å². The molecule has 4 N–H and O–H groups in total. The van der Waals surface area contributed by atoms with Crippen molar-refractivity contribution in [2.45, 2.75) is 4.90 Å². The number of H-pyrrole nitrogens is 1. The van der Waals surface area contributed by atoms with Crippen LogP contribution in [0.4, 0.5) is 11.4 Å². The minimum atomic E-state index is -3.91. The fourth-order valence-corrected chi connectivity index (χ4v) is 4.31. The van der Waals surface area contributed by atoms with Gasteiger partial charge < -0.3 is 15.6 Å². The molecule has 8 nitrogen and oxygen atoms in total. The molecule has 2 amide bonds. The number of sulfonamides is 1. The van der Waals surface area contributed by atoms with Gasteiger partial charge in [-0.25, -0.2) is 8.42 Å². The Bertz CT molecular complexity index is 1430. The van der Waals surface area contributed by atoms with E-state index >= 15 is 0 Å². The summed E-state index contributed by atoms with van der Waals surface area (Å²) in [4.78, 5) is 27.5. The van der Waals surface area contributed by atoms with Crippen molar-refractivity contribution >= 4 is 44.1 Å². The van der Waals surface area contributed by atoms with Crippen molar-refractivity contribution in [3.8, 4) is 0 Å². The molecule has 9 heteroatoms. The summed E-state index contributed by atoms with van der Waals surface area (Å²) in [7, 11) is -2.39. The zero-order chi connectivity index (χ0) is 22.7. The smallest absolute Gasteiger partial charge is 0.261 e. The number of carbonyl (C=O) groups excluding carboxylic acids is 2. The number of fused-ring (bicyclic) bond motifs is 1. The summed E-state index contributed by atoms with van der Waals surface area (Å²) < 4.78 is 28.3. The first kappa shape index (κ1) is 21.1. The monoisotopic (exact) mass is 448 g/mol. The van der Waals surface area contributed by atoms with Gasteiger partial charge in [0, 0.05) is 35.6 Å². The molecule has 0 aliphatic rings. The van der Waals surface area contributed by atoms with E-state index in [-0.39, 0.29) is 16.4 Å². The minimum absolute atomic E-state index is 0.0455. The second-order valence-electron chi connectivity index (χ2n) is 7.03. The van der Waals surface area contributed by atoms with Crippen LogP contribution in [-0.4, -0.2) is 32.3 Å². The molecule has 4 aromatic rings. The molecular formula is C23H20N4O4S. The lowest BCUT2D eigenvalue weighted by Crippen LogP contribution is -2.18. The Morgan fingerprint density at radius 1 is 0.812 bits per heavy atom. The van der Waals surface area contributed by atoms with E-state index in [9.17, 15) is 18.0 Å². The molecule has 0 unspecified atom stereocenters. The number of aromatic amines is 1. The van der Waals surface area contributed by atoms with Gasteiger partial charge in [0.1, 0.15) is 0 Å². The van der Waals surface area contributed by atoms with E-state index in [1.54, 1.807) is 42.6 Å². The average Bonchev–Trinajstić information content (AvgIpc) is 3.26. The number of hydrogen-bond donors (Lipinski definition) is 4. The molecule has 32 heavy (non-hydrogen) atoms. The van der Waals surface area contributed by atoms with Crippen LogP contribution in [0.1, 0.15) is 20.7 Å². The molecule has 0 fully saturated rings. The highest BCUT2D eigenvalue weighted by Gasteiger charge is 2.17. The second kappa shape index (κ2) is 8.56. The first-order valence-corrected chi connectivity index (χ1v) is 11.2. The first-order valence-electron chi connectivity index (χ1n) is 9.69. The van der Waals surface area contributed by atoms with Crippen LogP contribution >= 0.6 is 0 Å². The van der Waals surface area contributed by atoms with Crippen LogP contribution in [-0.2, 0) is 10.0 Å². The van der Waals surface area contributed by atoms with Crippen molar-refractivity contribution in [3.05, 3.63) is 90.1 Å². The summed E-state index contributed by atoms with van der Waals surface area (Å²) in [5.74, 6) is -0.776. The maximum atomic E-state index is 12.9. The fourth-order valence-electron chi connectivity index (χ4n) is 3.22. The third-order valence-electron chi connectivity index (χ3n) is 4.82. The van der Waals surface area contributed by atoms with Gasteiger partial charge in [-0.3, -0.25) is 14.3 Å². The van der Waals surface area contributed by atoms with E-state index < -0.39 is 15.9 Å². The van der Waals surface area contributed by atoms with Gasteiger partial charge in [0.25, 0.3) is 21.8 Å². The van der Waals surface area contributed by atoms with Gasteiger partial charge in [-0.05, 0) is 60.0 Å². The van der Waals surface area contributed by atoms with E-state index in [4.69, 9.17) is 0 Å². The van der Waals surface area contributed by atoms with Gasteiger partial charge in [-0.15, -0.1) is 0 Å². The molecular weight excluding hydrogens is 428 g/mol. The van der Waals surface area contributed by atoms with Gasteiger partial charge in [0.2, 0.25) is 0 Å². The molecule has 1 aromatic heterocycles. The molecule has 0 saturated heterocycles. The van der Waals surface area contributed by atoms with E-state index in [0.717, 1.165) is 10.9 Å². The van der Waals surface area contributed by atoms with Crippen molar-refractivity contribution in [2.75, 3.05) is 17.1 Å². The van der Waals surface area contributed by atoms with Crippen molar-refractivity contribution in [1.29, 1.82) is 0 Å². The number of anilines is 2. The van der Waals surface area contributed by atoms with Crippen LogP contribution in [0.25, 0.3) is 10.9 Å². The SMILES string of the molecule is CNC(=O)c1cccc(NC(=O)c2cccc(S(=O)(=O)Nc3ccc4cc[nH]c4c3)c2)c1. The average molecular weight is 449 g/mol. The zero-order valence-corrected chi connectivity index (χ0v) is 17.9. The Labute approximate surface area is 184 Å². The van der Waals surface area contributed by atoms with Gasteiger partial charge >= 0.3 is 0 Å².